The Morgan fingerprint density at radius 1 is 1.06 bits per heavy atom. The van der Waals surface area contributed by atoms with Gasteiger partial charge in [0.05, 0.1) is 6.10 Å². The molecule has 1 aromatic carbocycles. The fourth-order valence-electron chi connectivity index (χ4n) is 2.60. The van der Waals surface area contributed by atoms with Crippen LogP contribution in [0.1, 0.15) is 54.9 Å². The van der Waals surface area contributed by atoms with Gasteiger partial charge in [-0.2, -0.15) is 0 Å². The van der Waals surface area contributed by atoms with Crippen LogP contribution in [0, 0.1) is 20.8 Å². The first-order valence-corrected chi connectivity index (χ1v) is 6.79. The van der Waals surface area contributed by atoms with E-state index in [1.165, 1.54) is 22.3 Å². The second-order valence-electron chi connectivity index (χ2n) is 5.21. The Kier molecular flexibility index (Phi) is 5.70. The third-order valence-electron chi connectivity index (χ3n) is 3.43. The molecule has 0 aliphatic heterocycles. The Labute approximate surface area is 106 Å². The van der Waals surface area contributed by atoms with E-state index in [4.69, 9.17) is 0 Å². The molecule has 1 unspecified atom stereocenters. The van der Waals surface area contributed by atoms with Gasteiger partial charge in [0.1, 0.15) is 0 Å². The second kappa shape index (κ2) is 6.80. The number of aryl methyl sites for hydroxylation is 3. The maximum Gasteiger partial charge on any atom is 0.0540 e. The summed E-state index contributed by atoms with van der Waals surface area (Å²) in [6.45, 7) is 8.65. The Morgan fingerprint density at radius 3 is 2.18 bits per heavy atom. The van der Waals surface area contributed by atoms with Crippen molar-refractivity contribution in [2.45, 2.75) is 65.9 Å². The molecule has 1 heteroatoms. The van der Waals surface area contributed by atoms with E-state index in [1.54, 1.807) is 0 Å². The van der Waals surface area contributed by atoms with Crippen LogP contribution >= 0.6 is 0 Å². The SMILES string of the molecule is CCCC(O)CCCc1c(C)cc(C)cc1C. The van der Waals surface area contributed by atoms with Gasteiger partial charge < -0.3 is 5.11 Å². The van der Waals surface area contributed by atoms with Crippen molar-refractivity contribution in [2.75, 3.05) is 0 Å². The summed E-state index contributed by atoms with van der Waals surface area (Å²) in [6, 6.07) is 4.51. The topological polar surface area (TPSA) is 20.2 Å². The summed E-state index contributed by atoms with van der Waals surface area (Å²) in [5.41, 5.74) is 5.61. The molecule has 1 atom stereocenters. The van der Waals surface area contributed by atoms with Gasteiger partial charge in [-0.15, -0.1) is 0 Å². The molecule has 0 bridgehead atoms. The molecule has 0 aliphatic rings. The monoisotopic (exact) mass is 234 g/mol. The summed E-state index contributed by atoms with van der Waals surface area (Å²) in [5.74, 6) is 0. The normalized spacial score (nSPS) is 12.8. The van der Waals surface area contributed by atoms with Crippen molar-refractivity contribution in [2.24, 2.45) is 0 Å². The molecular formula is C16H26O. The van der Waals surface area contributed by atoms with E-state index >= 15 is 0 Å². The highest BCUT2D eigenvalue weighted by molar-refractivity contribution is 5.37. The minimum Gasteiger partial charge on any atom is -0.393 e. The van der Waals surface area contributed by atoms with Crippen molar-refractivity contribution in [3.63, 3.8) is 0 Å². The second-order valence-corrected chi connectivity index (χ2v) is 5.21. The molecule has 0 aromatic heterocycles. The summed E-state index contributed by atoms with van der Waals surface area (Å²) < 4.78 is 0. The third-order valence-corrected chi connectivity index (χ3v) is 3.43. The van der Waals surface area contributed by atoms with E-state index < -0.39 is 0 Å². The zero-order valence-corrected chi connectivity index (χ0v) is 11.7. The summed E-state index contributed by atoms with van der Waals surface area (Å²) in [7, 11) is 0. The molecule has 0 spiro atoms. The summed E-state index contributed by atoms with van der Waals surface area (Å²) in [5, 5.41) is 9.71. The van der Waals surface area contributed by atoms with Crippen LogP contribution in [-0.2, 0) is 6.42 Å². The first-order chi connectivity index (χ1) is 8.04. The number of hydrogen-bond acceptors (Lipinski definition) is 1. The largest absolute Gasteiger partial charge is 0.393 e. The number of benzene rings is 1. The fraction of sp³-hybridized carbons (Fsp3) is 0.625. The van der Waals surface area contributed by atoms with Gasteiger partial charge in [0.15, 0.2) is 0 Å². The molecule has 0 radical (unpaired) electrons. The van der Waals surface area contributed by atoms with Gasteiger partial charge in [0.2, 0.25) is 0 Å². The highest BCUT2D eigenvalue weighted by Crippen LogP contribution is 2.19. The van der Waals surface area contributed by atoms with Crippen LogP contribution in [0.15, 0.2) is 12.1 Å². The van der Waals surface area contributed by atoms with E-state index in [1.807, 2.05) is 0 Å². The maximum atomic E-state index is 9.71. The summed E-state index contributed by atoms with van der Waals surface area (Å²) >= 11 is 0. The van der Waals surface area contributed by atoms with Crippen molar-refractivity contribution in [3.05, 3.63) is 34.4 Å². The Balaban J connectivity index is 2.52. The van der Waals surface area contributed by atoms with Crippen molar-refractivity contribution in [1.82, 2.24) is 0 Å². The minimum absolute atomic E-state index is 0.105. The van der Waals surface area contributed by atoms with Gasteiger partial charge in [-0.25, -0.2) is 0 Å². The minimum atomic E-state index is -0.105. The Morgan fingerprint density at radius 2 is 1.65 bits per heavy atom. The lowest BCUT2D eigenvalue weighted by molar-refractivity contribution is 0.151. The Hall–Kier alpha value is -0.820. The van der Waals surface area contributed by atoms with Crippen LogP contribution in [0.5, 0.6) is 0 Å². The zero-order chi connectivity index (χ0) is 12.8. The zero-order valence-electron chi connectivity index (χ0n) is 11.7. The van der Waals surface area contributed by atoms with E-state index in [2.05, 4.69) is 39.8 Å². The van der Waals surface area contributed by atoms with E-state index in [-0.39, 0.29) is 6.10 Å². The molecule has 0 aliphatic carbocycles. The first-order valence-electron chi connectivity index (χ1n) is 6.79. The lowest BCUT2D eigenvalue weighted by Gasteiger charge is -2.13. The van der Waals surface area contributed by atoms with Crippen LogP contribution in [0.25, 0.3) is 0 Å². The highest BCUT2D eigenvalue weighted by Gasteiger charge is 2.06. The predicted octanol–water partition coefficient (Wildman–Crippen LogP) is 4.10. The molecular weight excluding hydrogens is 208 g/mol. The van der Waals surface area contributed by atoms with Crippen LogP contribution < -0.4 is 0 Å². The molecule has 0 saturated heterocycles. The molecule has 0 saturated carbocycles. The lowest BCUT2D eigenvalue weighted by atomic mass is 9.94. The highest BCUT2D eigenvalue weighted by atomic mass is 16.3. The standard InChI is InChI=1S/C16H26O/c1-5-7-15(17)8-6-9-16-13(3)10-12(2)11-14(16)4/h10-11,15,17H,5-9H2,1-4H3. The number of hydrogen-bond donors (Lipinski definition) is 1. The quantitative estimate of drug-likeness (QED) is 0.786. The van der Waals surface area contributed by atoms with Crippen molar-refractivity contribution in [3.8, 4) is 0 Å². The summed E-state index contributed by atoms with van der Waals surface area (Å²) in [6.07, 6.45) is 5.02. The van der Waals surface area contributed by atoms with Crippen molar-refractivity contribution >= 4 is 0 Å². The van der Waals surface area contributed by atoms with Gasteiger partial charge in [-0.05, 0) is 63.1 Å². The summed E-state index contributed by atoms with van der Waals surface area (Å²) in [4.78, 5) is 0. The molecule has 1 aromatic rings. The van der Waals surface area contributed by atoms with Crippen LogP contribution in [0.2, 0.25) is 0 Å². The fourth-order valence-corrected chi connectivity index (χ4v) is 2.60. The molecule has 96 valence electrons. The van der Waals surface area contributed by atoms with Gasteiger partial charge >= 0.3 is 0 Å². The molecule has 1 N–H and O–H groups in total. The van der Waals surface area contributed by atoms with E-state index in [0.29, 0.717) is 0 Å². The van der Waals surface area contributed by atoms with Crippen LogP contribution in [0.4, 0.5) is 0 Å². The van der Waals surface area contributed by atoms with Crippen LogP contribution in [0.3, 0.4) is 0 Å². The number of rotatable bonds is 6. The predicted molar refractivity (Wildman–Crippen MR) is 74.5 cm³/mol. The van der Waals surface area contributed by atoms with Gasteiger partial charge in [0.25, 0.3) is 0 Å². The number of aliphatic hydroxyl groups is 1. The smallest absolute Gasteiger partial charge is 0.0540 e. The third kappa shape index (κ3) is 4.51. The molecule has 0 heterocycles. The van der Waals surface area contributed by atoms with Crippen molar-refractivity contribution < 1.29 is 5.11 Å². The molecule has 1 rings (SSSR count). The molecule has 0 fully saturated rings. The Bertz CT molecular complexity index is 332. The lowest BCUT2D eigenvalue weighted by Crippen LogP contribution is -2.06. The molecule has 0 amide bonds. The maximum absolute atomic E-state index is 9.71. The van der Waals surface area contributed by atoms with Gasteiger partial charge in [0, 0.05) is 0 Å². The molecule has 17 heavy (non-hydrogen) atoms. The van der Waals surface area contributed by atoms with Crippen LogP contribution in [-0.4, -0.2) is 11.2 Å². The first kappa shape index (κ1) is 14.2. The van der Waals surface area contributed by atoms with Gasteiger partial charge in [-0.3, -0.25) is 0 Å². The average molecular weight is 234 g/mol. The van der Waals surface area contributed by atoms with E-state index in [0.717, 1.165) is 32.1 Å². The van der Waals surface area contributed by atoms with Crippen molar-refractivity contribution in [1.29, 1.82) is 0 Å². The molecule has 1 nitrogen and oxygen atoms in total. The number of aliphatic hydroxyl groups excluding tert-OH is 1. The van der Waals surface area contributed by atoms with Gasteiger partial charge in [-0.1, -0.05) is 31.0 Å². The van der Waals surface area contributed by atoms with E-state index in [9.17, 15) is 5.11 Å². The average Bonchev–Trinajstić information content (AvgIpc) is 2.22.